The van der Waals surface area contributed by atoms with Crippen LogP contribution in [0.2, 0.25) is 0 Å². The third kappa shape index (κ3) is 10.0. The Morgan fingerprint density at radius 1 is 0.708 bits per heavy atom. The molecule has 24 heavy (non-hydrogen) atoms. The van der Waals surface area contributed by atoms with E-state index in [2.05, 4.69) is 9.47 Å². The zero-order valence-corrected chi connectivity index (χ0v) is 13.6. The van der Waals surface area contributed by atoms with Gasteiger partial charge < -0.3 is 32.4 Å². The lowest BCUT2D eigenvalue weighted by Gasteiger charge is -2.10. The van der Waals surface area contributed by atoms with E-state index in [1.807, 2.05) is 0 Å². The minimum Gasteiger partial charge on any atom is -0.392 e. The van der Waals surface area contributed by atoms with Crippen molar-refractivity contribution in [1.29, 1.82) is 0 Å². The van der Waals surface area contributed by atoms with E-state index in [1.54, 1.807) is 0 Å². The number of esters is 4. The lowest BCUT2D eigenvalue weighted by atomic mass is 10.2. The van der Waals surface area contributed by atoms with Gasteiger partial charge in [-0.05, 0) is 38.8 Å². The number of carbonyl (C=O) groups excluding carboxylic acids is 4. The van der Waals surface area contributed by atoms with Crippen LogP contribution in [-0.2, 0) is 28.7 Å². The van der Waals surface area contributed by atoms with Crippen molar-refractivity contribution >= 4 is 23.9 Å². The van der Waals surface area contributed by atoms with E-state index >= 15 is 0 Å². The van der Waals surface area contributed by atoms with E-state index in [0.717, 1.165) is 0 Å². The first-order valence-electron chi connectivity index (χ1n) is 7.72. The molecule has 0 aliphatic carbocycles. The Morgan fingerprint density at radius 3 is 1.33 bits per heavy atom. The number of nitrogens with two attached hydrogens (primary N) is 4. The van der Waals surface area contributed by atoms with E-state index in [4.69, 9.17) is 22.9 Å². The monoisotopic (exact) mass is 346 g/mol. The van der Waals surface area contributed by atoms with Gasteiger partial charge in [0.25, 0.3) is 0 Å². The molecule has 0 aromatic carbocycles. The Morgan fingerprint density at radius 2 is 1.04 bits per heavy atom. The van der Waals surface area contributed by atoms with Crippen molar-refractivity contribution in [2.24, 2.45) is 22.9 Å². The fourth-order valence-electron chi connectivity index (χ4n) is 1.59. The fourth-order valence-corrected chi connectivity index (χ4v) is 1.59. The molecule has 0 heterocycles. The number of hydrogen-bond donors (Lipinski definition) is 4. The van der Waals surface area contributed by atoms with Crippen molar-refractivity contribution < 1.29 is 28.7 Å². The maximum absolute atomic E-state index is 11.5. The second-order valence-corrected chi connectivity index (χ2v) is 5.16. The van der Waals surface area contributed by atoms with Gasteiger partial charge in [-0.25, -0.2) is 9.59 Å². The molecule has 138 valence electrons. The zero-order valence-electron chi connectivity index (χ0n) is 13.6. The molecule has 0 amide bonds. The van der Waals surface area contributed by atoms with Crippen molar-refractivity contribution in [2.75, 3.05) is 13.1 Å². The van der Waals surface area contributed by atoms with Crippen LogP contribution in [-0.4, -0.2) is 49.1 Å². The molecule has 2 atom stereocenters. The second kappa shape index (κ2) is 12.5. The predicted molar refractivity (Wildman–Crippen MR) is 84.0 cm³/mol. The third-order valence-corrected chi connectivity index (χ3v) is 3.01. The van der Waals surface area contributed by atoms with Crippen LogP contribution in [0.5, 0.6) is 0 Å². The normalized spacial score (nSPS) is 13.0. The van der Waals surface area contributed by atoms with Crippen LogP contribution in [0.25, 0.3) is 0 Å². The van der Waals surface area contributed by atoms with Crippen molar-refractivity contribution in [3.63, 3.8) is 0 Å². The highest BCUT2D eigenvalue weighted by Gasteiger charge is 2.21. The molecule has 10 nitrogen and oxygen atoms in total. The predicted octanol–water partition coefficient (Wildman–Crippen LogP) is -1.96. The molecule has 0 spiro atoms. The smallest absolute Gasteiger partial charge is 0.330 e. The van der Waals surface area contributed by atoms with Crippen LogP contribution in [0.4, 0.5) is 0 Å². The lowest BCUT2D eigenvalue weighted by Crippen LogP contribution is -2.35. The molecular weight excluding hydrogens is 320 g/mol. The average Bonchev–Trinajstić information content (AvgIpc) is 2.55. The van der Waals surface area contributed by atoms with Gasteiger partial charge in [0.15, 0.2) is 0 Å². The zero-order chi connectivity index (χ0) is 18.5. The standard InChI is InChI=1S/C14H26N4O6/c15-7-1-3-9(17)13(21)23-11(19)5-6-12(20)24-14(22)10(18)4-2-8-16/h9-10H,1-8,15-18H2/t9-,10-/m1/s1. The Kier molecular flexibility index (Phi) is 11.5. The van der Waals surface area contributed by atoms with Crippen LogP contribution in [0, 0.1) is 0 Å². The molecule has 0 radical (unpaired) electrons. The molecule has 0 saturated carbocycles. The van der Waals surface area contributed by atoms with Crippen LogP contribution in [0.15, 0.2) is 0 Å². The van der Waals surface area contributed by atoms with Gasteiger partial charge in [0.05, 0.1) is 12.8 Å². The topological polar surface area (TPSA) is 191 Å². The molecule has 8 N–H and O–H groups in total. The van der Waals surface area contributed by atoms with Gasteiger partial charge in [-0.2, -0.15) is 0 Å². The molecular formula is C14H26N4O6. The van der Waals surface area contributed by atoms with Crippen molar-refractivity contribution in [3.8, 4) is 0 Å². The summed E-state index contributed by atoms with van der Waals surface area (Å²) < 4.78 is 8.98. The highest BCUT2D eigenvalue weighted by molar-refractivity contribution is 5.92. The summed E-state index contributed by atoms with van der Waals surface area (Å²) in [4.78, 5) is 45.8. The molecule has 0 aromatic rings. The Labute approximate surface area is 140 Å². The fraction of sp³-hybridized carbons (Fsp3) is 0.714. The minimum absolute atomic E-state index is 0.292. The maximum Gasteiger partial charge on any atom is 0.330 e. The van der Waals surface area contributed by atoms with E-state index in [1.165, 1.54) is 0 Å². The quantitative estimate of drug-likeness (QED) is 0.241. The second-order valence-electron chi connectivity index (χ2n) is 5.16. The first-order chi connectivity index (χ1) is 11.3. The molecule has 0 unspecified atom stereocenters. The summed E-state index contributed by atoms with van der Waals surface area (Å²) >= 11 is 0. The Balaban J connectivity index is 4.06. The molecule has 0 aromatic heterocycles. The van der Waals surface area contributed by atoms with Crippen LogP contribution in [0.3, 0.4) is 0 Å². The summed E-state index contributed by atoms with van der Waals surface area (Å²) in [6.07, 6.45) is 0.783. The largest absolute Gasteiger partial charge is 0.392 e. The van der Waals surface area contributed by atoms with Gasteiger partial charge in [-0.15, -0.1) is 0 Å². The first kappa shape index (κ1) is 22.1. The first-order valence-corrected chi connectivity index (χ1v) is 7.72. The summed E-state index contributed by atoms with van der Waals surface area (Å²) in [5, 5.41) is 0. The molecule has 0 aliphatic heterocycles. The van der Waals surface area contributed by atoms with E-state index in [9.17, 15) is 19.2 Å². The Hall–Kier alpha value is -1.88. The van der Waals surface area contributed by atoms with Gasteiger partial charge >= 0.3 is 23.9 Å². The van der Waals surface area contributed by atoms with Gasteiger partial charge in [0.1, 0.15) is 12.1 Å². The molecule has 0 bridgehead atoms. The third-order valence-electron chi connectivity index (χ3n) is 3.01. The van der Waals surface area contributed by atoms with Crippen molar-refractivity contribution in [2.45, 2.75) is 50.6 Å². The molecule has 0 rings (SSSR count). The van der Waals surface area contributed by atoms with Gasteiger partial charge in [-0.3, -0.25) is 9.59 Å². The summed E-state index contributed by atoms with van der Waals surface area (Å²) in [6.45, 7) is 0.727. The minimum atomic E-state index is -0.952. The molecule has 0 saturated heterocycles. The summed E-state index contributed by atoms with van der Waals surface area (Å²) in [7, 11) is 0. The van der Waals surface area contributed by atoms with Crippen molar-refractivity contribution in [3.05, 3.63) is 0 Å². The van der Waals surface area contributed by atoms with Crippen molar-refractivity contribution in [1.82, 2.24) is 0 Å². The van der Waals surface area contributed by atoms with Gasteiger partial charge in [0.2, 0.25) is 0 Å². The number of ether oxygens (including phenoxy) is 2. The average molecular weight is 346 g/mol. The van der Waals surface area contributed by atoms with E-state index in [-0.39, 0.29) is 0 Å². The summed E-state index contributed by atoms with van der Waals surface area (Å²) in [5.74, 6) is -3.64. The SMILES string of the molecule is NCCC[C@@H](N)C(=O)OC(=O)CCC(=O)OC(=O)[C@H](N)CCCN. The van der Waals surface area contributed by atoms with Crippen LogP contribution < -0.4 is 22.9 Å². The van der Waals surface area contributed by atoms with E-state index < -0.39 is 48.8 Å². The molecule has 10 heteroatoms. The molecule has 0 aliphatic rings. The lowest BCUT2D eigenvalue weighted by molar-refractivity contribution is -0.166. The Bertz CT molecular complexity index is 403. The van der Waals surface area contributed by atoms with Crippen LogP contribution >= 0.6 is 0 Å². The summed E-state index contributed by atoms with van der Waals surface area (Å²) in [5.41, 5.74) is 21.6. The summed E-state index contributed by atoms with van der Waals surface area (Å²) in [6, 6.07) is -1.90. The van der Waals surface area contributed by atoms with E-state index in [0.29, 0.717) is 38.8 Å². The van der Waals surface area contributed by atoms with Crippen LogP contribution in [0.1, 0.15) is 38.5 Å². The number of hydrogen-bond acceptors (Lipinski definition) is 10. The van der Waals surface area contributed by atoms with Gasteiger partial charge in [0, 0.05) is 0 Å². The maximum atomic E-state index is 11.5. The number of rotatable bonds is 11. The molecule has 0 fully saturated rings. The highest BCUT2D eigenvalue weighted by Crippen LogP contribution is 2.02. The number of carbonyl (C=O) groups is 4. The van der Waals surface area contributed by atoms with Gasteiger partial charge in [-0.1, -0.05) is 0 Å². The highest BCUT2D eigenvalue weighted by atomic mass is 16.6.